The number of fused-ring (bicyclic) bond motifs is 1. The lowest BCUT2D eigenvalue weighted by Crippen LogP contribution is -2.44. The van der Waals surface area contributed by atoms with Crippen LogP contribution in [0.4, 0.5) is 4.79 Å². The number of imide groups is 1. The van der Waals surface area contributed by atoms with Gasteiger partial charge in [0, 0.05) is 18.7 Å². The molecule has 1 aliphatic heterocycles. The van der Waals surface area contributed by atoms with E-state index in [9.17, 15) is 14.4 Å². The van der Waals surface area contributed by atoms with Crippen molar-refractivity contribution < 1.29 is 14.4 Å². The highest BCUT2D eigenvalue weighted by Gasteiger charge is 2.51. The fraction of sp³-hybridized carbons (Fsp3) is 0.550. The summed E-state index contributed by atoms with van der Waals surface area (Å²) in [7, 11) is 0. The second kappa shape index (κ2) is 6.74. The first kappa shape index (κ1) is 17.1. The molecule has 6 nitrogen and oxygen atoms in total. The minimum Gasteiger partial charge on any atom is -0.352 e. The van der Waals surface area contributed by atoms with Crippen molar-refractivity contribution in [3.05, 3.63) is 34.9 Å². The number of carbonyl (C=O) groups excluding carboxylic acids is 3. The molecule has 1 aromatic carbocycles. The number of hydrogen-bond donors (Lipinski definition) is 2. The number of urea groups is 1. The van der Waals surface area contributed by atoms with Crippen LogP contribution in [0.5, 0.6) is 0 Å². The van der Waals surface area contributed by atoms with Crippen LogP contribution in [-0.2, 0) is 17.6 Å². The molecular formula is C20H25N3O3. The fourth-order valence-corrected chi connectivity index (χ4v) is 4.45. The molecule has 2 N–H and O–H groups in total. The molecule has 4 amide bonds. The van der Waals surface area contributed by atoms with E-state index in [-0.39, 0.29) is 17.8 Å². The maximum Gasteiger partial charge on any atom is 0.325 e. The molecule has 3 aliphatic rings. The molecule has 2 aliphatic carbocycles. The Bertz CT molecular complexity index is 753. The van der Waals surface area contributed by atoms with E-state index in [1.165, 1.54) is 16.0 Å². The maximum absolute atomic E-state index is 12.6. The molecule has 1 aromatic rings. The Labute approximate surface area is 153 Å². The molecule has 26 heavy (non-hydrogen) atoms. The largest absolute Gasteiger partial charge is 0.352 e. The molecule has 0 atom stereocenters. The zero-order chi connectivity index (χ0) is 18.1. The van der Waals surface area contributed by atoms with Gasteiger partial charge in [-0.1, -0.05) is 18.9 Å². The second-order valence-electron chi connectivity index (χ2n) is 7.62. The Morgan fingerprint density at radius 1 is 1.12 bits per heavy atom. The van der Waals surface area contributed by atoms with E-state index in [0.29, 0.717) is 25.1 Å². The van der Waals surface area contributed by atoms with Crippen molar-refractivity contribution in [2.24, 2.45) is 0 Å². The number of nitrogens with zero attached hydrogens (tertiary/aromatic N) is 1. The molecule has 0 bridgehead atoms. The Morgan fingerprint density at radius 2 is 1.88 bits per heavy atom. The third-order valence-corrected chi connectivity index (χ3v) is 5.91. The molecule has 1 spiro atoms. The number of nitrogens with one attached hydrogen (secondary N) is 2. The Balaban J connectivity index is 1.27. The predicted molar refractivity (Wildman–Crippen MR) is 96.9 cm³/mol. The average Bonchev–Trinajstić information content (AvgIpc) is 3.34. The van der Waals surface area contributed by atoms with E-state index in [0.717, 1.165) is 44.9 Å². The molecule has 0 radical (unpaired) electrons. The van der Waals surface area contributed by atoms with Gasteiger partial charge in [0.1, 0.15) is 5.54 Å². The summed E-state index contributed by atoms with van der Waals surface area (Å²) in [6.07, 6.45) is 7.31. The van der Waals surface area contributed by atoms with Crippen LogP contribution < -0.4 is 10.6 Å². The van der Waals surface area contributed by atoms with Crippen LogP contribution in [0.3, 0.4) is 0 Å². The molecule has 1 heterocycles. The van der Waals surface area contributed by atoms with Crippen LogP contribution in [0, 0.1) is 0 Å². The summed E-state index contributed by atoms with van der Waals surface area (Å²) in [5.74, 6) is -0.186. The third-order valence-electron chi connectivity index (χ3n) is 5.91. The summed E-state index contributed by atoms with van der Waals surface area (Å²) in [6, 6.07) is 5.62. The third kappa shape index (κ3) is 2.97. The maximum atomic E-state index is 12.6. The highest BCUT2D eigenvalue weighted by atomic mass is 16.2. The number of benzene rings is 1. The van der Waals surface area contributed by atoms with E-state index >= 15 is 0 Å². The highest BCUT2D eigenvalue weighted by molar-refractivity contribution is 6.07. The van der Waals surface area contributed by atoms with Crippen molar-refractivity contribution >= 4 is 17.8 Å². The first-order valence-electron chi connectivity index (χ1n) is 9.63. The van der Waals surface area contributed by atoms with Crippen molar-refractivity contribution in [3.8, 4) is 0 Å². The van der Waals surface area contributed by atoms with Crippen molar-refractivity contribution in [3.63, 3.8) is 0 Å². The molecular weight excluding hydrogens is 330 g/mol. The SMILES string of the molecule is O=C(NCCCN1C(=O)NC2(CCCC2)C1=O)c1ccc2c(c1)CCC2. The summed E-state index contributed by atoms with van der Waals surface area (Å²) < 4.78 is 0. The van der Waals surface area contributed by atoms with Gasteiger partial charge in [-0.05, 0) is 61.8 Å². The van der Waals surface area contributed by atoms with Gasteiger partial charge in [0.05, 0.1) is 0 Å². The van der Waals surface area contributed by atoms with Crippen LogP contribution in [0.1, 0.15) is 60.0 Å². The minimum atomic E-state index is -0.648. The van der Waals surface area contributed by atoms with Gasteiger partial charge in [-0.3, -0.25) is 14.5 Å². The topological polar surface area (TPSA) is 78.5 Å². The lowest BCUT2D eigenvalue weighted by Gasteiger charge is -2.20. The van der Waals surface area contributed by atoms with Crippen LogP contribution in [0.2, 0.25) is 0 Å². The summed E-state index contributed by atoms with van der Waals surface area (Å²) in [5, 5.41) is 5.77. The predicted octanol–water partition coefficient (Wildman–Crippen LogP) is 2.16. The van der Waals surface area contributed by atoms with Gasteiger partial charge in [0.2, 0.25) is 0 Å². The van der Waals surface area contributed by atoms with Crippen LogP contribution in [-0.4, -0.2) is 41.4 Å². The highest BCUT2D eigenvalue weighted by Crippen LogP contribution is 2.35. The van der Waals surface area contributed by atoms with Crippen molar-refractivity contribution in [1.29, 1.82) is 0 Å². The van der Waals surface area contributed by atoms with E-state index in [1.807, 2.05) is 18.2 Å². The van der Waals surface area contributed by atoms with Gasteiger partial charge in [-0.2, -0.15) is 0 Å². The second-order valence-corrected chi connectivity index (χ2v) is 7.62. The Morgan fingerprint density at radius 3 is 2.69 bits per heavy atom. The first-order chi connectivity index (χ1) is 12.6. The summed E-state index contributed by atoms with van der Waals surface area (Å²) in [5.41, 5.74) is 2.66. The van der Waals surface area contributed by atoms with Crippen molar-refractivity contribution in [2.45, 2.75) is 56.9 Å². The molecule has 2 fully saturated rings. The number of aryl methyl sites for hydroxylation is 2. The molecule has 4 rings (SSSR count). The van der Waals surface area contributed by atoms with E-state index < -0.39 is 5.54 Å². The first-order valence-corrected chi connectivity index (χ1v) is 9.63. The Kier molecular flexibility index (Phi) is 4.42. The molecule has 0 unspecified atom stereocenters. The van der Waals surface area contributed by atoms with Crippen molar-refractivity contribution in [1.82, 2.24) is 15.5 Å². The standard InChI is InChI=1S/C20H25N3O3/c24-17(16-8-7-14-5-3-6-15(14)13-16)21-11-4-12-23-18(25)20(22-19(23)26)9-1-2-10-20/h7-8,13H,1-6,9-12H2,(H,21,24)(H,22,26). The zero-order valence-corrected chi connectivity index (χ0v) is 15.0. The monoisotopic (exact) mass is 355 g/mol. The lowest BCUT2D eigenvalue weighted by molar-refractivity contribution is -0.131. The smallest absolute Gasteiger partial charge is 0.325 e. The number of rotatable bonds is 5. The Hall–Kier alpha value is -2.37. The fourth-order valence-electron chi connectivity index (χ4n) is 4.45. The van der Waals surface area contributed by atoms with Gasteiger partial charge in [-0.15, -0.1) is 0 Å². The minimum absolute atomic E-state index is 0.0926. The van der Waals surface area contributed by atoms with E-state index in [4.69, 9.17) is 0 Å². The van der Waals surface area contributed by atoms with Crippen LogP contribution in [0.15, 0.2) is 18.2 Å². The normalized spacial score (nSPS) is 20.5. The molecule has 0 aromatic heterocycles. The summed E-state index contributed by atoms with van der Waals surface area (Å²) >= 11 is 0. The molecule has 6 heteroatoms. The van der Waals surface area contributed by atoms with Crippen LogP contribution >= 0.6 is 0 Å². The van der Waals surface area contributed by atoms with Crippen LogP contribution in [0.25, 0.3) is 0 Å². The summed E-state index contributed by atoms with van der Waals surface area (Å²) in [6.45, 7) is 0.789. The van der Waals surface area contributed by atoms with E-state index in [2.05, 4.69) is 10.6 Å². The quantitative estimate of drug-likeness (QED) is 0.628. The van der Waals surface area contributed by atoms with Gasteiger partial charge in [0.25, 0.3) is 11.8 Å². The molecule has 1 saturated carbocycles. The molecule has 1 saturated heterocycles. The number of amides is 4. The van der Waals surface area contributed by atoms with E-state index in [1.54, 1.807) is 0 Å². The number of hydrogen-bond acceptors (Lipinski definition) is 3. The van der Waals surface area contributed by atoms with Gasteiger partial charge in [-0.25, -0.2) is 4.79 Å². The van der Waals surface area contributed by atoms with Crippen molar-refractivity contribution in [2.75, 3.05) is 13.1 Å². The summed E-state index contributed by atoms with van der Waals surface area (Å²) in [4.78, 5) is 38.3. The van der Waals surface area contributed by atoms with Gasteiger partial charge < -0.3 is 10.6 Å². The number of carbonyl (C=O) groups is 3. The zero-order valence-electron chi connectivity index (χ0n) is 15.0. The molecule has 138 valence electrons. The lowest BCUT2D eigenvalue weighted by atomic mass is 9.98. The average molecular weight is 355 g/mol. The van der Waals surface area contributed by atoms with Gasteiger partial charge in [0.15, 0.2) is 0 Å². The van der Waals surface area contributed by atoms with Gasteiger partial charge >= 0.3 is 6.03 Å².